The van der Waals surface area contributed by atoms with Gasteiger partial charge in [-0.15, -0.1) is 0 Å². The van der Waals surface area contributed by atoms with E-state index in [4.69, 9.17) is 0 Å². The van der Waals surface area contributed by atoms with Crippen molar-refractivity contribution in [1.29, 1.82) is 0 Å². The number of aromatic nitrogens is 4. The molecular weight excluding hydrogens is 324 g/mol. The second-order valence-electron chi connectivity index (χ2n) is 5.92. The van der Waals surface area contributed by atoms with E-state index in [1.165, 1.54) is 22.5 Å². The summed E-state index contributed by atoms with van der Waals surface area (Å²) in [5.74, 6) is -1.21. The number of hydrogen-bond acceptors (Lipinski definition) is 4. The number of aryl methyl sites for hydroxylation is 3. The number of imidazole rings is 1. The predicted molar refractivity (Wildman–Crippen MR) is 91.7 cm³/mol. The quantitative estimate of drug-likeness (QED) is 0.735. The van der Waals surface area contributed by atoms with Crippen LogP contribution in [-0.2, 0) is 25.3 Å². The Morgan fingerprint density at radius 2 is 1.88 bits per heavy atom. The van der Waals surface area contributed by atoms with Crippen LogP contribution in [0, 0.1) is 0 Å². The molecule has 25 heavy (non-hydrogen) atoms. The molecule has 0 aliphatic heterocycles. The molecule has 2 heterocycles. The van der Waals surface area contributed by atoms with Crippen LogP contribution in [0.1, 0.15) is 18.0 Å². The van der Waals surface area contributed by atoms with Gasteiger partial charge in [-0.25, -0.2) is 19.1 Å². The zero-order chi connectivity index (χ0) is 18.1. The maximum Gasteiger partial charge on any atom is 0.333 e. The largest absolute Gasteiger partial charge is 0.480 e. The molecule has 0 radical (unpaired) electrons. The highest BCUT2D eigenvalue weighted by atomic mass is 16.4. The average Bonchev–Trinajstić information content (AvgIpc) is 2.98. The molecule has 1 aromatic carbocycles. The summed E-state index contributed by atoms with van der Waals surface area (Å²) in [4.78, 5) is 41.2. The third-order valence-electron chi connectivity index (χ3n) is 4.30. The monoisotopic (exact) mass is 342 g/mol. The minimum absolute atomic E-state index is 0.137. The highest BCUT2D eigenvalue weighted by Crippen LogP contribution is 2.14. The van der Waals surface area contributed by atoms with Gasteiger partial charge in [0.1, 0.15) is 6.04 Å². The number of benzene rings is 1. The third-order valence-corrected chi connectivity index (χ3v) is 4.30. The summed E-state index contributed by atoms with van der Waals surface area (Å²) < 4.78 is 3.51. The van der Waals surface area contributed by atoms with Crippen molar-refractivity contribution in [3.63, 3.8) is 0 Å². The van der Waals surface area contributed by atoms with Crippen LogP contribution < -0.4 is 11.2 Å². The molecule has 3 rings (SSSR count). The summed E-state index contributed by atoms with van der Waals surface area (Å²) in [5.41, 5.74) is 0.0597. The fourth-order valence-corrected chi connectivity index (χ4v) is 2.95. The van der Waals surface area contributed by atoms with E-state index in [1.54, 1.807) is 7.05 Å². The van der Waals surface area contributed by atoms with E-state index in [-0.39, 0.29) is 17.6 Å². The molecule has 2 aromatic heterocycles. The number of hydrogen-bond donors (Lipinski definition) is 1. The zero-order valence-corrected chi connectivity index (χ0v) is 13.9. The lowest BCUT2D eigenvalue weighted by Crippen LogP contribution is -2.44. The Balaban J connectivity index is 2.11. The van der Waals surface area contributed by atoms with E-state index >= 15 is 0 Å². The van der Waals surface area contributed by atoms with Crippen LogP contribution in [0.4, 0.5) is 0 Å². The van der Waals surface area contributed by atoms with Crippen LogP contribution in [0.15, 0.2) is 46.2 Å². The molecule has 0 amide bonds. The van der Waals surface area contributed by atoms with Crippen LogP contribution in [0.5, 0.6) is 0 Å². The first-order valence-electron chi connectivity index (χ1n) is 7.81. The van der Waals surface area contributed by atoms with Gasteiger partial charge in [-0.3, -0.25) is 9.36 Å². The Hall–Kier alpha value is -3.16. The van der Waals surface area contributed by atoms with Gasteiger partial charge in [0.15, 0.2) is 11.2 Å². The van der Waals surface area contributed by atoms with Gasteiger partial charge in [0, 0.05) is 14.1 Å². The van der Waals surface area contributed by atoms with Gasteiger partial charge in [0.2, 0.25) is 0 Å². The van der Waals surface area contributed by atoms with Gasteiger partial charge < -0.3 is 9.67 Å². The molecule has 1 N–H and O–H groups in total. The summed E-state index contributed by atoms with van der Waals surface area (Å²) in [6, 6.07) is 8.10. The lowest BCUT2D eigenvalue weighted by atomic mass is 10.1. The van der Waals surface area contributed by atoms with E-state index in [9.17, 15) is 19.5 Å². The smallest absolute Gasteiger partial charge is 0.333 e. The van der Waals surface area contributed by atoms with Crippen molar-refractivity contribution in [2.45, 2.75) is 18.9 Å². The summed E-state index contributed by atoms with van der Waals surface area (Å²) in [7, 11) is 3.11. The van der Waals surface area contributed by atoms with Gasteiger partial charge in [-0.1, -0.05) is 30.3 Å². The van der Waals surface area contributed by atoms with Crippen LogP contribution >= 0.6 is 0 Å². The van der Waals surface area contributed by atoms with Crippen LogP contribution in [0.3, 0.4) is 0 Å². The number of carboxylic acid groups (broad SMARTS) is 1. The molecular formula is C17H18N4O4. The normalized spacial score (nSPS) is 12.4. The summed E-state index contributed by atoms with van der Waals surface area (Å²) in [5, 5.41) is 9.61. The summed E-state index contributed by atoms with van der Waals surface area (Å²) in [6.07, 6.45) is 2.00. The third kappa shape index (κ3) is 2.86. The molecule has 3 aromatic rings. The van der Waals surface area contributed by atoms with E-state index < -0.39 is 23.3 Å². The van der Waals surface area contributed by atoms with Gasteiger partial charge in [0.25, 0.3) is 5.56 Å². The van der Waals surface area contributed by atoms with Crippen molar-refractivity contribution >= 4 is 17.1 Å². The molecule has 0 aliphatic carbocycles. The number of fused-ring (bicyclic) bond motifs is 1. The molecule has 8 nitrogen and oxygen atoms in total. The number of rotatable bonds is 5. The van der Waals surface area contributed by atoms with Crippen LogP contribution in [0.2, 0.25) is 0 Å². The maximum absolute atomic E-state index is 12.8. The van der Waals surface area contributed by atoms with Crippen LogP contribution in [-0.4, -0.2) is 29.8 Å². The highest BCUT2D eigenvalue weighted by Gasteiger charge is 2.26. The van der Waals surface area contributed by atoms with E-state index in [1.807, 2.05) is 30.3 Å². The first kappa shape index (κ1) is 16.7. The average molecular weight is 342 g/mol. The predicted octanol–water partition coefficient (Wildman–Crippen LogP) is 0.692. The molecule has 1 unspecified atom stereocenters. The van der Waals surface area contributed by atoms with Crippen LogP contribution in [0.25, 0.3) is 11.2 Å². The summed E-state index contributed by atoms with van der Waals surface area (Å²) in [6.45, 7) is 0. The Bertz CT molecular complexity index is 1050. The Kier molecular flexibility index (Phi) is 4.26. The molecule has 0 spiro atoms. The van der Waals surface area contributed by atoms with Crippen molar-refractivity contribution in [2.75, 3.05) is 0 Å². The Morgan fingerprint density at radius 1 is 1.20 bits per heavy atom. The second-order valence-corrected chi connectivity index (χ2v) is 5.92. The fraction of sp³-hybridized carbons (Fsp3) is 0.294. The van der Waals surface area contributed by atoms with Crippen molar-refractivity contribution in [3.05, 3.63) is 63.1 Å². The highest BCUT2D eigenvalue weighted by molar-refractivity contribution is 5.74. The fourth-order valence-electron chi connectivity index (χ4n) is 2.95. The van der Waals surface area contributed by atoms with Gasteiger partial charge >= 0.3 is 11.7 Å². The maximum atomic E-state index is 12.8. The molecule has 1 atom stereocenters. The number of aliphatic carboxylic acids is 1. The molecule has 130 valence electrons. The Morgan fingerprint density at radius 3 is 2.52 bits per heavy atom. The minimum atomic E-state index is -1.24. The lowest BCUT2D eigenvalue weighted by Gasteiger charge is -2.16. The Labute approximate surface area is 142 Å². The van der Waals surface area contributed by atoms with E-state index in [0.717, 1.165) is 10.1 Å². The molecule has 0 fully saturated rings. The topological polar surface area (TPSA) is 99.1 Å². The molecule has 0 saturated heterocycles. The van der Waals surface area contributed by atoms with Crippen molar-refractivity contribution < 1.29 is 9.90 Å². The lowest BCUT2D eigenvalue weighted by molar-refractivity contribution is -0.141. The first-order chi connectivity index (χ1) is 11.9. The van der Waals surface area contributed by atoms with Crippen molar-refractivity contribution in [3.8, 4) is 0 Å². The molecule has 0 saturated carbocycles. The molecule has 8 heteroatoms. The zero-order valence-electron chi connectivity index (χ0n) is 13.9. The van der Waals surface area contributed by atoms with Gasteiger partial charge in [-0.2, -0.15) is 0 Å². The van der Waals surface area contributed by atoms with Crippen molar-refractivity contribution in [1.82, 2.24) is 18.7 Å². The minimum Gasteiger partial charge on any atom is -0.480 e. The van der Waals surface area contributed by atoms with Crippen molar-refractivity contribution in [2.24, 2.45) is 14.1 Å². The second kappa shape index (κ2) is 6.39. The SMILES string of the molecule is Cn1cnc2c1c(=O)n(C(CCc1ccccc1)C(=O)O)c(=O)n2C. The van der Waals surface area contributed by atoms with Gasteiger partial charge in [0.05, 0.1) is 6.33 Å². The number of carbonyl (C=O) groups is 1. The number of nitrogens with zero attached hydrogens (tertiary/aromatic N) is 4. The standard InChI is InChI=1S/C17H18N4O4/c1-19-10-18-14-13(19)15(22)21(17(25)20(14)2)12(16(23)24)9-8-11-6-4-3-5-7-11/h3-7,10,12H,8-9H2,1-2H3,(H,23,24). The van der Waals surface area contributed by atoms with Gasteiger partial charge in [-0.05, 0) is 18.4 Å². The molecule has 0 aliphatic rings. The van der Waals surface area contributed by atoms with E-state index in [2.05, 4.69) is 4.98 Å². The van der Waals surface area contributed by atoms with E-state index in [0.29, 0.717) is 6.42 Å². The summed E-state index contributed by atoms with van der Waals surface area (Å²) >= 11 is 0. The first-order valence-corrected chi connectivity index (χ1v) is 7.81. The number of carboxylic acids is 1. The molecule has 0 bridgehead atoms.